The molecule has 3 aromatic heterocycles. The number of nitrogens with zero attached hydrogens (tertiary/aromatic N) is 5. The molecule has 0 N–H and O–H groups in total. The molecule has 3 aromatic rings. The van der Waals surface area contributed by atoms with E-state index in [1.807, 2.05) is 36.1 Å². The highest BCUT2D eigenvalue weighted by atomic mass is 127. The Kier molecular flexibility index (Phi) is 2.16. The lowest BCUT2D eigenvalue weighted by Gasteiger charge is -1.97. The fourth-order valence-electron chi connectivity index (χ4n) is 1.56. The second kappa shape index (κ2) is 3.55. The molecule has 0 radical (unpaired) electrons. The third-order valence-corrected chi connectivity index (χ3v) is 3.16. The zero-order valence-corrected chi connectivity index (χ0v) is 10.7. The summed E-state index contributed by atoms with van der Waals surface area (Å²) < 4.78 is 4.66. The van der Waals surface area contributed by atoms with E-state index in [0.29, 0.717) is 0 Å². The molecule has 3 rings (SSSR count). The first-order valence-corrected chi connectivity index (χ1v) is 5.81. The molecule has 0 amide bonds. The lowest BCUT2D eigenvalue weighted by atomic mass is 10.2. The highest BCUT2D eigenvalue weighted by molar-refractivity contribution is 14.1. The van der Waals surface area contributed by atoms with Crippen LogP contribution in [0.1, 0.15) is 0 Å². The molecule has 0 atom stereocenters. The highest BCUT2D eigenvalue weighted by Crippen LogP contribution is 2.18. The first-order chi connectivity index (χ1) is 7.74. The van der Waals surface area contributed by atoms with E-state index in [1.165, 1.54) is 0 Å². The van der Waals surface area contributed by atoms with Gasteiger partial charge in [-0.05, 0) is 34.7 Å². The van der Waals surface area contributed by atoms with Gasteiger partial charge in [0.15, 0.2) is 5.82 Å². The van der Waals surface area contributed by atoms with Gasteiger partial charge in [0, 0.05) is 18.8 Å². The molecular weight excluding hydrogens is 317 g/mol. The van der Waals surface area contributed by atoms with E-state index >= 15 is 0 Å². The zero-order chi connectivity index (χ0) is 11.1. The van der Waals surface area contributed by atoms with Gasteiger partial charge in [-0.2, -0.15) is 10.2 Å². The van der Waals surface area contributed by atoms with Crippen LogP contribution in [0.2, 0.25) is 0 Å². The van der Waals surface area contributed by atoms with Crippen molar-refractivity contribution in [3.8, 4) is 11.4 Å². The maximum atomic E-state index is 4.26. The molecule has 3 heterocycles. The van der Waals surface area contributed by atoms with Gasteiger partial charge >= 0.3 is 0 Å². The second-order valence-electron chi connectivity index (χ2n) is 3.48. The number of rotatable bonds is 1. The molecule has 80 valence electrons. The number of hydrogen-bond acceptors (Lipinski definition) is 3. The third kappa shape index (κ3) is 1.49. The summed E-state index contributed by atoms with van der Waals surface area (Å²) in [7, 11) is 1.85. The number of halogens is 1. The molecule has 0 fully saturated rings. The van der Waals surface area contributed by atoms with Crippen molar-refractivity contribution in [1.82, 2.24) is 24.4 Å². The predicted molar refractivity (Wildman–Crippen MR) is 67.9 cm³/mol. The molecule has 0 saturated carbocycles. The Bertz CT molecular complexity index is 654. The van der Waals surface area contributed by atoms with E-state index in [1.54, 1.807) is 11.0 Å². The molecule has 0 spiro atoms. The minimum atomic E-state index is 0.718. The first-order valence-electron chi connectivity index (χ1n) is 4.73. The van der Waals surface area contributed by atoms with Crippen molar-refractivity contribution < 1.29 is 0 Å². The Morgan fingerprint density at radius 2 is 2.19 bits per heavy atom. The highest BCUT2D eigenvalue weighted by Gasteiger charge is 2.06. The van der Waals surface area contributed by atoms with Crippen molar-refractivity contribution in [3.63, 3.8) is 0 Å². The van der Waals surface area contributed by atoms with Crippen LogP contribution in [0.5, 0.6) is 0 Å². The molecule has 0 aliphatic carbocycles. The fourth-order valence-corrected chi connectivity index (χ4v) is 2.11. The van der Waals surface area contributed by atoms with Gasteiger partial charge in [0.2, 0.25) is 0 Å². The summed E-state index contributed by atoms with van der Waals surface area (Å²) in [6, 6.07) is 4.04. The summed E-state index contributed by atoms with van der Waals surface area (Å²) in [5, 5.41) is 8.52. The van der Waals surface area contributed by atoms with Crippen LogP contribution in [0, 0.1) is 3.57 Å². The van der Waals surface area contributed by atoms with E-state index in [4.69, 9.17) is 0 Å². The number of fused-ring (bicyclic) bond motifs is 1. The van der Waals surface area contributed by atoms with Crippen molar-refractivity contribution in [3.05, 3.63) is 34.4 Å². The second-order valence-corrected chi connectivity index (χ2v) is 4.64. The Hall–Kier alpha value is -1.44. The van der Waals surface area contributed by atoms with Crippen LogP contribution in [0.25, 0.3) is 16.9 Å². The van der Waals surface area contributed by atoms with Gasteiger partial charge in [0.05, 0.1) is 15.3 Å². The quantitative estimate of drug-likeness (QED) is 0.640. The standard InChI is InChI=1S/C10H8IN5/c1-15-6-12-10(14-15)7-2-3-9-8(11)4-13-16(9)5-7/h2-6H,1H3. The maximum absolute atomic E-state index is 4.26. The predicted octanol–water partition coefficient (Wildman–Crippen LogP) is 1.73. The summed E-state index contributed by atoms with van der Waals surface area (Å²) in [6.07, 6.45) is 5.46. The molecule has 0 aliphatic rings. The Balaban J connectivity index is 2.18. The molecule has 0 aliphatic heterocycles. The summed E-state index contributed by atoms with van der Waals surface area (Å²) >= 11 is 2.27. The molecule has 5 nitrogen and oxygen atoms in total. The average molecular weight is 325 g/mol. The van der Waals surface area contributed by atoms with Gasteiger partial charge < -0.3 is 0 Å². The van der Waals surface area contributed by atoms with Gasteiger partial charge in [-0.3, -0.25) is 4.68 Å². The number of hydrogen-bond donors (Lipinski definition) is 0. The van der Waals surface area contributed by atoms with Gasteiger partial charge in [0.1, 0.15) is 6.33 Å². The van der Waals surface area contributed by atoms with Gasteiger partial charge in [0.25, 0.3) is 0 Å². The molecule has 16 heavy (non-hydrogen) atoms. The van der Waals surface area contributed by atoms with Crippen LogP contribution >= 0.6 is 22.6 Å². The minimum Gasteiger partial charge on any atom is -0.255 e. The summed E-state index contributed by atoms with van der Waals surface area (Å²) in [6.45, 7) is 0. The number of pyridine rings is 1. The van der Waals surface area contributed by atoms with Crippen molar-refractivity contribution in [2.45, 2.75) is 0 Å². The van der Waals surface area contributed by atoms with Crippen LogP contribution in [0.15, 0.2) is 30.9 Å². The van der Waals surface area contributed by atoms with Crippen LogP contribution < -0.4 is 0 Å². The van der Waals surface area contributed by atoms with E-state index < -0.39 is 0 Å². The lowest BCUT2D eigenvalue weighted by molar-refractivity contribution is 0.768. The molecule has 6 heteroatoms. The van der Waals surface area contributed by atoms with Crippen LogP contribution in [-0.2, 0) is 7.05 Å². The molecule has 0 saturated heterocycles. The lowest BCUT2D eigenvalue weighted by Crippen LogP contribution is -1.91. The third-order valence-electron chi connectivity index (χ3n) is 2.33. The molecular formula is C10H8IN5. The minimum absolute atomic E-state index is 0.718. The van der Waals surface area contributed by atoms with Gasteiger partial charge in [-0.15, -0.1) is 0 Å². The van der Waals surface area contributed by atoms with Crippen LogP contribution in [0.4, 0.5) is 0 Å². The Labute approximate surface area is 105 Å². The fraction of sp³-hybridized carbons (Fsp3) is 0.100. The SMILES string of the molecule is Cn1cnc(-c2ccc3c(I)cnn3c2)n1. The maximum Gasteiger partial charge on any atom is 0.182 e. The summed E-state index contributed by atoms with van der Waals surface area (Å²) in [4.78, 5) is 4.21. The molecule has 0 aromatic carbocycles. The molecule has 0 unspecified atom stereocenters. The normalized spacial score (nSPS) is 11.1. The average Bonchev–Trinajstić information content (AvgIpc) is 2.86. The number of aromatic nitrogens is 5. The van der Waals surface area contributed by atoms with Crippen molar-refractivity contribution >= 4 is 28.1 Å². The summed E-state index contributed by atoms with van der Waals surface area (Å²) in [5.74, 6) is 0.718. The largest absolute Gasteiger partial charge is 0.255 e. The molecule has 0 bridgehead atoms. The van der Waals surface area contributed by atoms with Crippen molar-refractivity contribution in [2.24, 2.45) is 7.05 Å². The Morgan fingerprint density at radius 1 is 1.31 bits per heavy atom. The van der Waals surface area contributed by atoms with E-state index in [0.717, 1.165) is 20.5 Å². The zero-order valence-electron chi connectivity index (χ0n) is 8.50. The van der Waals surface area contributed by atoms with Gasteiger partial charge in [-0.1, -0.05) is 0 Å². The first kappa shape index (κ1) is 9.76. The van der Waals surface area contributed by atoms with Crippen molar-refractivity contribution in [1.29, 1.82) is 0 Å². The van der Waals surface area contributed by atoms with Crippen LogP contribution in [0.3, 0.4) is 0 Å². The Morgan fingerprint density at radius 3 is 2.94 bits per heavy atom. The van der Waals surface area contributed by atoms with Crippen LogP contribution in [-0.4, -0.2) is 24.4 Å². The monoisotopic (exact) mass is 325 g/mol. The van der Waals surface area contributed by atoms with E-state index in [-0.39, 0.29) is 0 Å². The van der Waals surface area contributed by atoms with Gasteiger partial charge in [-0.25, -0.2) is 9.50 Å². The summed E-state index contributed by atoms with van der Waals surface area (Å²) in [5.41, 5.74) is 2.06. The van der Waals surface area contributed by atoms with Crippen molar-refractivity contribution in [2.75, 3.05) is 0 Å². The smallest absolute Gasteiger partial charge is 0.182 e. The topological polar surface area (TPSA) is 48.0 Å². The van der Waals surface area contributed by atoms with E-state index in [2.05, 4.69) is 37.8 Å². The van der Waals surface area contributed by atoms with E-state index in [9.17, 15) is 0 Å². The number of aryl methyl sites for hydroxylation is 1.